The lowest BCUT2D eigenvalue weighted by Crippen LogP contribution is -2.27. The number of benzene rings is 2. The highest BCUT2D eigenvalue weighted by molar-refractivity contribution is 5.41. The minimum absolute atomic E-state index is 0.107. The van der Waals surface area contributed by atoms with Crippen LogP contribution in [0.4, 0.5) is 0 Å². The zero-order valence-electron chi connectivity index (χ0n) is 11.7. The van der Waals surface area contributed by atoms with Crippen LogP contribution in [0.25, 0.3) is 0 Å². The molecule has 1 nitrogen and oxygen atoms in total. The van der Waals surface area contributed by atoms with Gasteiger partial charge < -0.3 is 5.73 Å². The lowest BCUT2D eigenvalue weighted by Gasteiger charge is -2.26. The molecule has 1 unspecified atom stereocenters. The predicted molar refractivity (Wildman–Crippen MR) is 80.2 cm³/mol. The first-order valence-corrected chi connectivity index (χ1v) is 7.02. The molecule has 0 aromatic heterocycles. The average molecular weight is 251 g/mol. The van der Waals surface area contributed by atoms with Gasteiger partial charge in [0, 0.05) is 11.5 Å². The van der Waals surface area contributed by atoms with Gasteiger partial charge in [-0.3, -0.25) is 0 Å². The van der Waals surface area contributed by atoms with Crippen LogP contribution in [0.2, 0.25) is 0 Å². The molecule has 2 aromatic rings. The van der Waals surface area contributed by atoms with Gasteiger partial charge in [0.05, 0.1) is 0 Å². The topological polar surface area (TPSA) is 26.0 Å². The first-order chi connectivity index (χ1) is 9.13. The van der Waals surface area contributed by atoms with Crippen molar-refractivity contribution in [2.45, 2.75) is 38.1 Å². The molecule has 0 amide bonds. The van der Waals surface area contributed by atoms with Crippen LogP contribution in [0.5, 0.6) is 0 Å². The van der Waals surface area contributed by atoms with Crippen LogP contribution in [0.3, 0.4) is 0 Å². The Kier molecular flexibility index (Phi) is 2.94. The fourth-order valence-corrected chi connectivity index (χ4v) is 3.16. The lowest BCUT2D eigenvalue weighted by atomic mass is 9.83. The van der Waals surface area contributed by atoms with Gasteiger partial charge in [-0.25, -0.2) is 0 Å². The maximum Gasteiger partial charge on any atom is 0.0395 e. The molecule has 0 saturated heterocycles. The Bertz CT molecular complexity index is 582. The van der Waals surface area contributed by atoms with Crippen molar-refractivity contribution >= 4 is 0 Å². The van der Waals surface area contributed by atoms with Crippen LogP contribution in [0.15, 0.2) is 48.5 Å². The SMILES string of the molecule is Cc1ccc(C(N)C2(c3ccccc3)CC2)c(C)c1. The highest BCUT2D eigenvalue weighted by Crippen LogP contribution is 2.55. The summed E-state index contributed by atoms with van der Waals surface area (Å²) < 4.78 is 0. The fraction of sp³-hybridized carbons (Fsp3) is 0.333. The van der Waals surface area contributed by atoms with Crippen molar-refractivity contribution in [1.82, 2.24) is 0 Å². The Balaban J connectivity index is 1.98. The van der Waals surface area contributed by atoms with Crippen molar-refractivity contribution in [3.63, 3.8) is 0 Å². The van der Waals surface area contributed by atoms with Gasteiger partial charge in [-0.1, -0.05) is 54.1 Å². The Labute approximate surface area is 115 Å². The van der Waals surface area contributed by atoms with Crippen LogP contribution in [-0.4, -0.2) is 0 Å². The van der Waals surface area contributed by atoms with Crippen LogP contribution >= 0.6 is 0 Å². The van der Waals surface area contributed by atoms with E-state index in [-0.39, 0.29) is 11.5 Å². The summed E-state index contributed by atoms with van der Waals surface area (Å²) in [6.45, 7) is 4.30. The summed E-state index contributed by atoms with van der Waals surface area (Å²) in [5.41, 5.74) is 12.1. The van der Waals surface area contributed by atoms with E-state index in [2.05, 4.69) is 62.4 Å². The van der Waals surface area contributed by atoms with Crippen molar-refractivity contribution < 1.29 is 0 Å². The Morgan fingerprint density at radius 1 is 1.00 bits per heavy atom. The maximum absolute atomic E-state index is 6.62. The number of rotatable bonds is 3. The quantitative estimate of drug-likeness (QED) is 0.875. The number of hydrogen-bond acceptors (Lipinski definition) is 1. The van der Waals surface area contributed by atoms with E-state index in [1.165, 1.54) is 35.1 Å². The molecule has 1 aliphatic rings. The summed E-state index contributed by atoms with van der Waals surface area (Å²) in [6, 6.07) is 17.5. The summed E-state index contributed by atoms with van der Waals surface area (Å²) in [6.07, 6.45) is 2.40. The van der Waals surface area contributed by atoms with Gasteiger partial charge in [-0.2, -0.15) is 0 Å². The van der Waals surface area contributed by atoms with E-state index in [0.29, 0.717) is 0 Å². The minimum Gasteiger partial charge on any atom is -0.323 e. The van der Waals surface area contributed by atoms with Gasteiger partial charge in [-0.05, 0) is 43.4 Å². The van der Waals surface area contributed by atoms with Gasteiger partial charge >= 0.3 is 0 Å². The van der Waals surface area contributed by atoms with Gasteiger partial charge in [0.1, 0.15) is 0 Å². The Morgan fingerprint density at radius 3 is 2.26 bits per heavy atom. The minimum atomic E-state index is 0.107. The Hall–Kier alpha value is -1.60. The zero-order valence-corrected chi connectivity index (χ0v) is 11.7. The van der Waals surface area contributed by atoms with Crippen LogP contribution < -0.4 is 5.73 Å². The van der Waals surface area contributed by atoms with E-state index in [1.807, 2.05) is 0 Å². The van der Waals surface area contributed by atoms with Crippen LogP contribution in [0.1, 0.15) is 41.1 Å². The molecule has 0 aliphatic heterocycles. The maximum atomic E-state index is 6.62. The van der Waals surface area contributed by atoms with Crippen molar-refractivity contribution in [1.29, 1.82) is 0 Å². The molecule has 0 spiro atoms. The van der Waals surface area contributed by atoms with Gasteiger partial charge in [0.25, 0.3) is 0 Å². The van der Waals surface area contributed by atoms with Crippen molar-refractivity contribution in [3.05, 3.63) is 70.8 Å². The Morgan fingerprint density at radius 2 is 1.68 bits per heavy atom. The van der Waals surface area contributed by atoms with Crippen molar-refractivity contribution in [2.24, 2.45) is 5.73 Å². The third kappa shape index (κ3) is 2.08. The van der Waals surface area contributed by atoms with Crippen molar-refractivity contribution in [3.8, 4) is 0 Å². The molecule has 1 saturated carbocycles. The van der Waals surface area contributed by atoms with Crippen molar-refractivity contribution in [2.75, 3.05) is 0 Å². The molecular weight excluding hydrogens is 230 g/mol. The third-order valence-corrected chi connectivity index (χ3v) is 4.49. The summed E-state index contributed by atoms with van der Waals surface area (Å²) >= 11 is 0. The molecule has 1 fully saturated rings. The highest BCUT2D eigenvalue weighted by atomic mass is 14.7. The van der Waals surface area contributed by atoms with Gasteiger partial charge in [0.15, 0.2) is 0 Å². The van der Waals surface area contributed by atoms with Gasteiger partial charge in [-0.15, -0.1) is 0 Å². The molecule has 19 heavy (non-hydrogen) atoms. The van der Waals surface area contributed by atoms with E-state index in [4.69, 9.17) is 5.73 Å². The second kappa shape index (κ2) is 4.50. The zero-order chi connectivity index (χ0) is 13.5. The molecule has 1 heteroatoms. The van der Waals surface area contributed by atoms with E-state index < -0.39 is 0 Å². The normalized spacial score (nSPS) is 18.1. The molecule has 0 heterocycles. The summed E-state index contributed by atoms with van der Waals surface area (Å²) in [4.78, 5) is 0. The first-order valence-electron chi connectivity index (χ1n) is 7.02. The number of hydrogen-bond donors (Lipinski definition) is 1. The largest absolute Gasteiger partial charge is 0.323 e. The standard InChI is InChI=1S/C18H21N/c1-13-8-9-16(14(2)12-13)17(19)18(10-11-18)15-6-4-3-5-7-15/h3-9,12,17H,10-11,19H2,1-2H3. The molecule has 2 N–H and O–H groups in total. The molecule has 3 rings (SSSR count). The fourth-order valence-electron chi connectivity index (χ4n) is 3.16. The number of aryl methyl sites for hydroxylation is 2. The predicted octanol–water partition coefficient (Wildman–Crippen LogP) is 4.04. The molecule has 1 aliphatic carbocycles. The van der Waals surface area contributed by atoms with E-state index in [1.54, 1.807) is 0 Å². The molecular formula is C18H21N. The van der Waals surface area contributed by atoms with E-state index in [0.717, 1.165) is 0 Å². The van der Waals surface area contributed by atoms with Crippen LogP contribution in [0, 0.1) is 13.8 Å². The molecule has 1 atom stereocenters. The summed E-state index contributed by atoms with van der Waals surface area (Å²) in [7, 11) is 0. The second-order valence-corrected chi connectivity index (χ2v) is 5.86. The molecule has 0 radical (unpaired) electrons. The molecule has 2 aromatic carbocycles. The van der Waals surface area contributed by atoms with Gasteiger partial charge in [0.2, 0.25) is 0 Å². The summed E-state index contributed by atoms with van der Waals surface area (Å²) in [5, 5.41) is 0. The average Bonchev–Trinajstić information content (AvgIpc) is 3.20. The summed E-state index contributed by atoms with van der Waals surface area (Å²) in [5.74, 6) is 0. The number of nitrogens with two attached hydrogens (primary N) is 1. The van der Waals surface area contributed by atoms with Crippen LogP contribution in [-0.2, 0) is 5.41 Å². The molecule has 98 valence electrons. The smallest absolute Gasteiger partial charge is 0.0395 e. The monoisotopic (exact) mass is 251 g/mol. The molecule has 0 bridgehead atoms. The highest BCUT2D eigenvalue weighted by Gasteiger charge is 2.49. The second-order valence-electron chi connectivity index (χ2n) is 5.86. The van der Waals surface area contributed by atoms with E-state index in [9.17, 15) is 0 Å². The third-order valence-electron chi connectivity index (χ3n) is 4.49. The van der Waals surface area contributed by atoms with E-state index >= 15 is 0 Å². The first kappa shape index (κ1) is 12.4. The lowest BCUT2D eigenvalue weighted by molar-refractivity contribution is 0.539.